The smallest absolute Gasteiger partial charge is 0.246 e. The molecule has 0 spiro atoms. The second-order valence-corrected chi connectivity index (χ2v) is 8.06. The van der Waals surface area contributed by atoms with Crippen molar-refractivity contribution in [2.75, 3.05) is 40.2 Å². The predicted molar refractivity (Wildman–Crippen MR) is 128 cm³/mol. The van der Waals surface area contributed by atoms with Gasteiger partial charge < -0.3 is 24.8 Å². The first-order valence-corrected chi connectivity index (χ1v) is 10.9. The van der Waals surface area contributed by atoms with Crippen molar-refractivity contribution in [3.63, 3.8) is 0 Å². The first-order valence-electron chi connectivity index (χ1n) is 10.9. The van der Waals surface area contributed by atoms with E-state index < -0.39 is 5.82 Å². The number of anilines is 1. The number of aromatic nitrogens is 3. The third-order valence-corrected chi connectivity index (χ3v) is 5.95. The number of likely N-dealkylation sites (tertiary alicyclic amines) is 1. The number of methoxy groups -OCH3 is 3. The molecule has 35 heavy (non-hydrogen) atoms. The highest BCUT2D eigenvalue weighted by molar-refractivity contribution is 5.87. The Hall–Kier alpha value is -4.10. The van der Waals surface area contributed by atoms with Crippen LogP contribution in [0.25, 0.3) is 5.52 Å². The number of hydrogen-bond acceptors (Lipinski definition) is 7. The van der Waals surface area contributed by atoms with Crippen molar-refractivity contribution in [3.05, 3.63) is 59.8 Å². The van der Waals surface area contributed by atoms with Crippen molar-refractivity contribution in [2.45, 2.75) is 18.4 Å². The predicted octanol–water partition coefficient (Wildman–Crippen LogP) is 2.38. The topological polar surface area (TPSA) is 104 Å². The van der Waals surface area contributed by atoms with Crippen molar-refractivity contribution in [1.82, 2.24) is 19.5 Å². The van der Waals surface area contributed by atoms with Gasteiger partial charge in [-0.25, -0.2) is 13.9 Å². The molecule has 1 aliphatic rings. The van der Waals surface area contributed by atoms with Crippen LogP contribution in [0.5, 0.6) is 11.5 Å². The summed E-state index contributed by atoms with van der Waals surface area (Å²) in [6, 6.07) is 4.58. The third kappa shape index (κ3) is 4.63. The van der Waals surface area contributed by atoms with Gasteiger partial charge in [-0.05, 0) is 24.6 Å². The van der Waals surface area contributed by atoms with E-state index in [1.165, 1.54) is 32.4 Å². The van der Waals surface area contributed by atoms with Gasteiger partial charge in [0.1, 0.15) is 11.3 Å². The van der Waals surface area contributed by atoms with E-state index in [2.05, 4.69) is 28.5 Å². The molecule has 2 N–H and O–H groups in total. The highest BCUT2D eigenvalue weighted by atomic mass is 19.1. The number of carbonyl (C=O) groups excluding carboxylic acids is 1. The summed E-state index contributed by atoms with van der Waals surface area (Å²) in [6.45, 7) is 4.43. The fraction of sp³-hybridized carbons (Fsp3) is 0.320. The summed E-state index contributed by atoms with van der Waals surface area (Å²) >= 11 is 0. The molecule has 1 aliphatic heterocycles. The monoisotopic (exact) mass is 479 g/mol. The van der Waals surface area contributed by atoms with E-state index in [-0.39, 0.29) is 35.0 Å². The second kappa shape index (κ2) is 10.0. The fourth-order valence-corrected chi connectivity index (χ4v) is 4.25. The number of rotatable bonds is 6. The van der Waals surface area contributed by atoms with Gasteiger partial charge in [0, 0.05) is 31.8 Å². The number of nitrogens with zero attached hydrogens (tertiary/aromatic N) is 4. The molecule has 0 radical (unpaired) electrons. The Kier molecular flexibility index (Phi) is 6.89. The van der Waals surface area contributed by atoms with Gasteiger partial charge in [-0.3, -0.25) is 4.79 Å². The first kappa shape index (κ1) is 24.0. The lowest BCUT2D eigenvalue weighted by atomic mass is 10.1. The molecule has 1 fully saturated rings. The van der Waals surface area contributed by atoms with Crippen LogP contribution >= 0.6 is 0 Å². The normalized spacial score (nSPS) is 17.2. The van der Waals surface area contributed by atoms with Crippen molar-refractivity contribution in [2.24, 2.45) is 0 Å². The number of halogens is 1. The molecule has 1 aromatic carbocycles. The Morgan fingerprint density at radius 1 is 1.29 bits per heavy atom. The van der Waals surface area contributed by atoms with Gasteiger partial charge in [0.05, 0.1) is 38.0 Å². The number of nitrogen functional groups attached to an aromatic ring is 1. The number of benzene rings is 1. The molecule has 10 heteroatoms. The van der Waals surface area contributed by atoms with Gasteiger partial charge in [-0.1, -0.05) is 18.4 Å². The van der Waals surface area contributed by atoms with Crippen LogP contribution in [0.2, 0.25) is 0 Å². The van der Waals surface area contributed by atoms with Crippen molar-refractivity contribution < 1.29 is 23.4 Å². The van der Waals surface area contributed by atoms with Gasteiger partial charge >= 0.3 is 0 Å². The van der Waals surface area contributed by atoms with E-state index in [9.17, 15) is 9.18 Å². The van der Waals surface area contributed by atoms with E-state index in [0.717, 1.165) is 0 Å². The van der Waals surface area contributed by atoms with Gasteiger partial charge in [0.25, 0.3) is 0 Å². The molecule has 9 nitrogen and oxygen atoms in total. The quantitative estimate of drug-likeness (QED) is 0.428. The lowest BCUT2D eigenvalue weighted by molar-refractivity contribution is -0.127. The summed E-state index contributed by atoms with van der Waals surface area (Å²) in [5, 5.41) is 4.62. The second-order valence-electron chi connectivity index (χ2n) is 8.06. The Morgan fingerprint density at radius 3 is 2.74 bits per heavy atom. The molecule has 2 aromatic heterocycles. The molecule has 1 amide bonds. The van der Waals surface area contributed by atoms with Gasteiger partial charge in [0.2, 0.25) is 5.91 Å². The third-order valence-electron chi connectivity index (χ3n) is 5.95. The molecule has 2 atom stereocenters. The highest BCUT2D eigenvalue weighted by Gasteiger charge is 2.37. The Labute approximate surface area is 202 Å². The zero-order valence-corrected chi connectivity index (χ0v) is 19.7. The SMILES string of the molecule is C=CC(=O)N1CC(c2nc(N)c3c(C#Cc4cc(OC)cc(OC)c4F)ccn3n2)C[C@@H]1COC. The van der Waals surface area contributed by atoms with Crippen LogP contribution in [0, 0.1) is 17.7 Å². The molecule has 0 bridgehead atoms. The van der Waals surface area contributed by atoms with Crippen LogP contribution in [0.4, 0.5) is 10.2 Å². The standard InChI is InChI=1S/C25H26FN5O4/c1-5-21(32)30-13-17(10-18(30)14-33-2)25-28-24(27)23-15(8-9-31(23)29-25)6-7-16-11-19(34-3)12-20(35-4)22(16)26/h5,8-9,11-12,17-18H,1,10,13-14H2,2-4H3,(H2,27,28,29)/t17?,18-/m1/s1. The van der Waals surface area contributed by atoms with E-state index in [1.807, 2.05) is 0 Å². The number of amides is 1. The van der Waals surface area contributed by atoms with Crippen LogP contribution in [0.3, 0.4) is 0 Å². The van der Waals surface area contributed by atoms with Crippen LogP contribution in [0.15, 0.2) is 37.1 Å². The summed E-state index contributed by atoms with van der Waals surface area (Å²) in [6.07, 6.45) is 3.65. The Balaban J connectivity index is 1.67. The summed E-state index contributed by atoms with van der Waals surface area (Å²) in [7, 11) is 4.45. The van der Waals surface area contributed by atoms with Gasteiger partial charge in [0.15, 0.2) is 23.2 Å². The highest BCUT2D eigenvalue weighted by Crippen LogP contribution is 2.32. The summed E-state index contributed by atoms with van der Waals surface area (Å²) in [5.74, 6) is 6.14. The molecule has 3 heterocycles. The average Bonchev–Trinajstić information content (AvgIpc) is 3.47. The maximum atomic E-state index is 14.7. The zero-order valence-electron chi connectivity index (χ0n) is 19.7. The average molecular weight is 480 g/mol. The Morgan fingerprint density at radius 2 is 2.06 bits per heavy atom. The number of ether oxygens (including phenoxy) is 3. The number of carbonyl (C=O) groups is 1. The molecule has 1 saturated heterocycles. The fourth-order valence-electron chi connectivity index (χ4n) is 4.25. The molecule has 182 valence electrons. The molecule has 3 aromatic rings. The molecule has 0 aliphatic carbocycles. The molecule has 4 rings (SSSR count). The van der Waals surface area contributed by atoms with E-state index in [1.54, 1.807) is 28.8 Å². The zero-order chi connectivity index (χ0) is 25.1. The lowest BCUT2D eigenvalue weighted by Crippen LogP contribution is -2.37. The van der Waals surface area contributed by atoms with E-state index in [0.29, 0.717) is 42.2 Å². The summed E-state index contributed by atoms with van der Waals surface area (Å²) < 4.78 is 31.8. The number of nitrogens with two attached hydrogens (primary N) is 1. The molecule has 1 unspecified atom stereocenters. The van der Waals surface area contributed by atoms with E-state index in [4.69, 9.17) is 19.9 Å². The minimum Gasteiger partial charge on any atom is -0.497 e. The minimum absolute atomic E-state index is 0.0372. The maximum absolute atomic E-state index is 14.7. The van der Waals surface area contributed by atoms with Gasteiger partial charge in [-0.2, -0.15) is 5.10 Å². The summed E-state index contributed by atoms with van der Waals surface area (Å²) in [5.41, 5.74) is 7.48. The van der Waals surface area contributed by atoms with Crippen LogP contribution in [-0.2, 0) is 9.53 Å². The largest absolute Gasteiger partial charge is 0.497 e. The maximum Gasteiger partial charge on any atom is 0.246 e. The van der Waals surface area contributed by atoms with Crippen LogP contribution in [0.1, 0.15) is 29.3 Å². The summed E-state index contributed by atoms with van der Waals surface area (Å²) in [4.78, 5) is 18.5. The first-order chi connectivity index (χ1) is 16.9. The molecule has 0 saturated carbocycles. The lowest BCUT2D eigenvalue weighted by Gasteiger charge is -2.22. The number of hydrogen-bond donors (Lipinski definition) is 1. The van der Waals surface area contributed by atoms with Crippen LogP contribution < -0.4 is 15.2 Å². The molecular weight excluding hydrogens is 453 g/mol. The minimum atomic E-state index is -0.582. The van der Waals surface area contributed by atoms with Crippen LogP contribution in [-0.4, -0.2) is 65.9 Å². The van der Waals surface area contributed by atoms with Crippen molar-refractivity contribution >= 4 is 17.2 Å². The van der Waals surface area contributed by atoms with E-state index >= 15 is 0 Å². The number of fused-ring (bicyclic) bond motifs is 1. The Bertz CT molecular complexity index is 1340. The molecular formula is C25H26FN5O4. The van der Waals surface area contributed by atoms with Gasteiger partial charge in [-0.15, -0.1) is 0 Å². The van der Waals surface area contributed by atoms with Crippen molar-refractivity contribution in [1.29, 1.82) is 0 Å². The van der Waals surface area contributed by atoms with Crippen molar-refractivity contribution in [3.8, 4) is 23.3 Å².